The molecule has 2 N–H and O–H groups in total. The van der Waals surface area contributed by atoms with E-state index in [1.807, 2.05) is 27.7 Å². The molecule has 0 aromatic carbocycles. The van der Waals surface area contributed by atoms with Crippen molar-refractivity contribution in [3.63, 3.8) is 0 Å². The molecule has 0 bridgehead atoms. The summed E-state index contributed by atoms with van der Waals surface area (Å²) in [5.74, 6) is -0.741. The summed E-state index contributed by atoms with van der Waals surface area (Å²) >= 11 is 0. The van der Waals surface area contributed by atoms with Crippen molar-refractivity contribution in [2.24, 2.45) is 0 Å². The van der Waals surface area contributed by atoms with Crippen LogP contribution < -0.4 is 10.9 Å². The van der Waals surface area contributed by atoms with Crippen LogP contribution in [0.1, 0.15) is 57.3 Å². The van der Waals surface area contributed by atoms with Crippen LogP contribution in [0.25, 0.3) is 0 Å². The molecule has 0 saturated heterocycles. The highest BCUT2D eigenvalue weighted by atomic mass is 16.2. The van der Waals surface area contributed by atoms with Crippen molar-refractivity contribution in [3.8, 4) is 0 Å². The van der Waals surface area contributed by atoms with Crippen LogP contribution in [0.15, 0.2) is 24.3 Å². The number of hydrogen-bond donors (Lipinski definition) is 2. The molecule has 6 nitrogen and oxygen atoms in total. The van der Waals surface area contributed by atoms with E-state index in [4.69, 9.17) is 0 Å². The molecule has 2 heterocycles. The van der Waals surface area contributed by atoms with Gasteiger partial charge in [0.1, 0.15) is 0 Å². The third-order valence-electron chi connectivity index (χ3n) is 3.55. The summed E-state index contributed by atoms with van der Waals surface area (Å²) in [7, 11) is 0. The van der Waals surface area contributed by atoms with Crippen LogP contribution in [0.2, 0.25) is 0 Å². The van der Waals surface area contributed by atoms with Crippen LogP contribution in [0.5, 0.6) is 0 Å². The first-order valence-corrected chi connectivity index (χ1v) is 7.98. The first-order chi connectivity index (χ1) is 11.4. The van der Waals surface area contributed by atoms with Gasteiger partial charge in [0, 0.05) is 33.9 Å². The largest absolute Gasteiger partial charge is 0.269 e. The maximum absolute atomic E-state index is 12.2. The molecular weight excluding hydrogens is 304 g/mol. The first-order valence-electron chi connectivity index (χ1n) is 7.98. The quantitative estimate of drug-likeness (QED) is 0.844. The predicted octanol–water partition coefficient (Wildman–Crippen LogP) is 2.29. The van der Waals surface area contributed by atoms with E-state index in [1.54, 1.807) is 24.3 Å². The summed E-state index contributed by atoms with van der Waals surface area (Å²) in [5.41, 5.74) is 9.04. The van der Waals surface area contributed by atoms with Gasteiger partial charge in [0.05, 0.1) is 0 Å². The Labute approximate surface area is 141 Å². The fraction of sp³-hybridized carbons (Fsp3) is 0.333. The lowest BCUT2D eigenvalue weighted by Crippen LogP contribution is -2.41. The second kappa shape index (κ2) is 7.68. The monoisotopic (exact) mass is 326 g/mol. The van der Waals surface area contributed by atoms with Gasteiger partial charge in [-0.15, -0.1) is 0 Å². The Hall–Kier alpha value is -2.76. The zero-order valence-electron chi connectivity index (χ0n) is 14.4. The minimum absolute atomic E-state index is 0.370. The Morgan fingerprint density at radius 1 is 0.792 bits per heavy atom. The molecule has 2 amide bonds. The molecule has 2 aromatic heterocycles. The van der Waals surface area contributed by atoms with E-state index in [9.17, 15) is 9.59 Å². The van der Waals surface area contributed by atoms with Gasteiger partial charge in [-0.3, -0.25) is 30.4 Å². The van der Waals surface area contributed by atoms with Gasteiger partial charge >= 0.3 is 0 Å². The number of carbonyl (C=O) groups is 2. The van der Waals surface area contributed by atoms with Crippen molar-refractivity contribution in [3.05, 3.63) is 58.2 Å². The lowest BCUT2D eigenvalue weighted by atomic mass is 10.1. The highest BCUT2D eigenvalue weighted by molar-refractivity contribution is 5.99. The maximum Gasteiger partial charge on any atom is 0.269 e. The molecule has 0 aliphatic carbocycles. The van der Waals surface area contributed by atoms with Gasteiger partial charge in [0.15, 0.2) is 0 Å². The third-order valence-corrected chi connectivity index (χ3v) is 3.55. The summed E-state index contributed by atoms with van der Waals surface area (Å²) in [4.78, 5) is 33.1. The summed E-state index contributed by atoms with van der Waals surface area (Å²) in [6, 6.07) is 6.82. The number of hydrazine groups is 1. The first kappa shape index (κ1) is 17.6. The standard InChI is InChI=1S/C18H22N4O2/c1-5-15-9-13(7-11(3)19-15)17(23)21-22-18(24)14-8-12(4)20-16(6-2)10-14/h7-10H,5-6H2,1-4H3,(H,21,23)(H,22,24). The van der Waals surface area contributed by atoms with Gasteiger partial charge in [-0.25, -0.2) is 0 Å². The van der Waals surface area contributed by atoms with E-state index in [1.165, 1.54) is 0 Å². The fourth-order valence-corrected chi connectivity index (χ4v) is 2.36. The smallest absolute Gasteiger partial charge is 0.267 e. The van der Waals surface area contributed by atoms with Crippen LogP contribution >= 0.6 is 0 Å². The van der Waals surface area contributed by atoms with Crippen molar-refractivity contribution in [2.45, 2.75) is 40.5 Å². The highest BCUT2D eigenvalue weighted by Crippen LogP contribution is 2.08. The number of carbonyl (C=O) groups excluding carboxylic acids is 2. The molecule has 126 valence electrons. The normalized spacial score (nSPS) is 10.3. The lowest BCUT2D eigenvalue weighted by Gasteiger charge is -2.10. The van der Waals surface area contributed by atoms with E-state index in [-0.39, 0.29) is 11.8 Å². The van der Waals surface area contributed by atoms with E-state index in [2.05, 4.69) is 20.8 Å². The summed E-state index contributed by atoms with van der Waals surface area (Å²) in [6.45, 7) is 7.62. The number of nitrogens with one attached hydrogen (secondary N) is 2. The van der Waals surface area contributed by atoms with Gasteiger partial charge in [-0.1, -0.05) is 13.8 Å². The van der Waals surface area contributed by atoms with Crippen molar-refractivity contribution in [1.29, 1.82) is 0 Å². The number of nitrogens with zero attached hydrogens (tertiary/aromatic N) is 2. The van der Waals surface area contributed by atoms with Gasteiger partial charge in [-0.05, 0) is 51.0 Å². The molecule has 2 aromatic rings. The SMILES string of the molecule is CCc1cc(C(=O)NNC(=O)c2cc(C)nc(CC)c2)cc(C)n1. The van der Waals surface area contributed by atoms with Gasteiger partial charge in [0.25, 0.3) is 11.8 Å². The van der Waals surface area contributed by atoms with Crippen LogP contribution in [0, 0.1) is 13.8 Å². The zero-order chi connectivity index (χ0) is 17.7. The topological polar surface area (TPSA) is 84.0 Å². The van der Waals surface area contributed by atoms with Crippen molar-refractivity contribution < 1.29 is 9.59 Å². The molecule has 0 unspecified atom stereocenters. The Kier molecular flexibility index (Phi) is 5.63. The maximum atomic E-state index is 12.2. The summed E-state index contributed by atoms with van der Waals surface area (Å²) in [5, 5.41) is 0. The Morgan fingerprint density at radius 3 is 1.50 bits per heavy atom. The highest BCUT2D eigenvalue weighted by Gasteiger charge is 2.12. The minimum Gasteiger partial charge on any atom is -0.267 e. The second-order valence-corrected chi connectivity index (χ2v) is 5.59. The van der Waals surface area contributed by atoms with E-state index in [0.29, 0.717) is 11.1 Å². The Morgan fingerprint density at radius 2 is 1.17 bits per heavy atom. The molecule has 0 aliphatic rings. The van der Waals surface area contributed by atoms with E-state index < -0.39 is 0 Å². The van der Waals surface area contributed by atoms with Crippen molar-refractivity contribution in [2.75, 3.05) is 0 Å². The van der Waals surface area contributed by atoms with Gasteiger partial charge in [0.2, 0.25) is 0 Å². The molecule has 0 spiro atoms. The molecule has 0 radical (unpaired) electrons. The van der Waals surface area contributed by atoms with Crippen molar-refractivity contribution >= 4 is 11.8 Å². The molecule has 0 fully saturated rings. The Bertz CT molecular complexity index is 706. The minimum atomic E-state index is -0.370. The molecule has 24 heavy (non-hydrogen) atoms. The fourth-order valence-electron chi connectivity index (χ4n) is 2.36. The average Bonchev–Trinajstić information content (AvgIpc) is 2.57. The van der Waals surface area contributed by atoms with Crippen LogP contribution in [-0.2, 0) is 12.8 Å². The molecule has 0 atom stereocenters. The van der Waals surface area contributed by atoms with Crippen LogP contribution in [0.3, 0.4) is 0 Å². The van der Waals surface area contributed by atoms with Gasteiger partial charge < -0.3 is 0 Å². The number of hydrogen-bond acceptors (Lipinski definition) is 4. The third kappa shape index (κ3) is 4.38. The molecule has 6 heteroatoms. The van der Waals surface area contributed by atoms with Crippen LogP contribution in [-0.4, -0.2) is 21.8 Å². The van der Waals surface area contributed by atoms with E-state index in [0.717, 1.165) is 35.6 Å². The van der Waals surface area contributed by atoms with Gasteiger partial charge in [-0.2, -0.15) is 0 Å². The molecule has 2 rings (SSSR count). The summed E-state index contributed by atoms with van der Waals surface area (Å²) in [6.07, 6.45) is 1.48. The number of pyridine rings is 2. The second-order valence-electron chi connectivity index (χ2n) is 5.59. The zero-order valence-corrected chi connectivity index (χ0v) is 14.4. The summed E-state index contributed by atoms with van der Waals surface area (Å²) < 4.78 is 0. The van der Waals surface area contributed by atoms with Crippen molar-refractivity contribution in [1.82, 2.24) is 20.8 Å². The molecule has 0 saturated carbocycles. The van der Waals surface area contributed by atoms with Crippen LogP contribution in [0.4, 0.5) is 0 Å². The lowest BCUT2D eigenvalue weighted by molar-refractivity contribution is 0.0846. The number of rotatable bonds is 4. The number of amides is 2. The predicted molar refractivity (Wildman–Crippen MR) is 91.6 cm³/mol. The average molecular weight is 326 g/mol. The molecular formula is C18H22N4O2. The molecule has 0 aliphatic heterocycles. The number of aryl methyl sites for hydroxylation is 4. The van der Waals surface area contributed by atoms with E-state index >= 15 is 0 Å². The Balaban J connectivity index is 2.07. The number of aromatic nitrogens is 2.